The quantitative estimate of drug-likeness (QED) is 0.853. The Morgan fingerprint density at radius 3 is 2.72 bits per heavy atom. The normalized spacial score (nSPS) is 16.6. The second-order valence-corrected chi connectivity index (χ2v) is 7.30. The molecule has 4 heteroatoms. The summed E-state index contributed by atoms with van der Waals surface area (Å²) in [7, 11) is 1.97. The summed E-state index contributed by atoms with van der Waals surface area (Å²) < 4.78 is 1.98. The summed E-state index contributed by atoms with van der Waals surface area (Å²) in [5.74, 6) is 1.73. The molecule has 1 aliphatic rings. The van der Waals surface area contributed by atoms with Crippen LogP contribution in [-0.4, -0.2) is 15.5 Å². The molecule has 1 atom stereocenters. The lowest BCUT2D eigenvalue weighted by Crippen LogP contribution is -2.31. The number of carbonyl (C=O) groups is 1. The van der Waals surface area contributed by atoms with Crippen molar-refractivity contribution in [2.24, 2.45) is 13.0 Å². The molecule has 1 heterocycles. The number of carbonyl (C=O) groups excluding carboxylic acids is 1. The fourth-order valence-corrected chi connectivity index (χ4v) is 3.89. The number of amides is 1. The summed E-state index contributed by atoms with van der Waals surface area (Å²) >= 11 is 0. The Balaban J connectivity index is 1.70. The molecule has 134 valence electrons. The number of imidazole rings is 1. The summed E-state index contributed by atoms with van der Waals surface area (Å²) in [4.78, 5) is 17.1. The Kier molecular flexibility index (Phi) is 5.90. The van der Waals surface area contributed by atoms with Gasteiger partial charge in [-0.05, 0) is 30.4 Å². The maximum absolute atomic E-state index is 12.6. The molecule has 0 radical (unpaired) electrons. The van der Waals surface area contributed by atoms with Crippen molar-refractivity contribution in [2.75, 3.05) is 0 Å². The standard InChI is InChI=1S/C21H29N3O/c1-16-8-6-7-11-18(16)20(21-22-14-15-24(21)2)23-19(25)13-12-17-9-4-3-5-10-17/h6-8,11,14-15,17,20H,3-5,9-10,12-13H2,1-2H3,(H,23,25). The molecule has 0 spiro atoms. The molecule has 0 saturated heterocycles. The van der Waals surface area contributed by atoms with Gasteiger partial charge in [0.1, 0.15) is 11.9 Å². The molecular weight excluding hydrogens is 310 g/mol. The van der Waals surface area contributed by atoms with E-state index in [1.807, 2.05) is 29.9 Å². The van der Waals surface area contributed by atoms with Crippen LogP contribution in [0.25, 0.3) is 0 Å². The number of nitrogens with zero attached hydrogens (tertiary/aromatic N) is 2. The lowest BCUT2D eigenvalue weighted by Gasteiger charge is -2.23. The molecule has 1 aromatic carbocycles. The first-order valence-electron chi connectivity index (χ1n) is 9.47. The number of aryl methyl sites for hydroxylation is 2. The number of aromatic nitrogens is 2. The van der Waals surface area contributed by atoms with Gasteiger partial charge in [-0.1, -0.05) is 56.4 Å². The number of nitrogens with one attached hydrogen (secondary N) is 1. The van der Waals surface area contributed by atoms with Gasteiger partial charge in [0.25, 0.3) is 0 Å². The molecule has 0 bridgehead atoms. The van der Waals surface area contributed by atoms with Crippen LogP contribution in [0.15, 0.2) is 36.7 Å². The van der Waals surface area contributed by atoms with E-state index in [1.54, 1.807) is 6.20 Å². The minimum Gasteiger partial charge on any atom is -0.342 e. The van der Waals surface area contributed by atoms with Gasteiger partial charge < -0.3 is 9.88 Å². The van der Waals surface area contributed by atoms with Gasteiger partial charge in [0.15, 0.2) is 0 Å². The topological polar surface area (TPSA) is 46.9 Å². The smallest absolute Gasteiger partial charge is 0.220 e. The first kappa shape index (κ1) is 17.7. The molecule has 25 heavy (non-hydrogen) atoms. The zero-order valence-corrected chi connectivity index (χ0v) is 15.4. The first-order chi connectivity index (χ1) is 12.1. The monoisotopic (exact) mass is 339 g/mol. The van der Waals surface area contributed by atoms with Crippen LogP contribution in [0.5, 0.6) is 0 Å². The van der Waals surface area contributed by atoms with Crippen LogP contribution in [0.4, 0.5) is 0 Å². The van der Waals surface area contributed by atoms with Gasteiger partial charge in [0.05, 0.1) is 0 Å². The lowest BCUT2D eigenvalue weighted by atomic mass is 9.86. The van der Waals surface area contributed by atoms with Gasteiger partial charge in [-0.25, -0.2) is 4.98 Å². The van der Waals surface area contributed by atoms with E-state index >= 15 is 0 Å². The van der Waals surface area contributed by atoms with Gasteiger partial charge in [0.2, 0.25) is 5.91 Å². The van der Waals surface area contributed by atoms with Crippen molar-refractivity contribution < 1.29 is 4.79 Å². The Morgan fingerprint density at radius 1 is 1.28 bits per heavy atom. The minimum atomic E-state index is -0.194. The number of rotatable bonds is 6. The van der Waals surface area contributed by atoms with Crippen molar-refractivity contribution in [3.05, 3.63) is 53.6 Å². The maximum atomic E-state index is 12.6. The fourth-order valence-electron chi connectivity index (χ4n) is 3.89. The fraction of sp³-hybridized carbons (Fsp3) is 0.524. The van der Waals surface area contributed by atoms with Crippen LogP contribution in [0, 0.1) is 12.8 Å². The summed E-state index contributed by atoms with van der Waals surface area (Å²) in [6.45, 7) is 2.08. The molecule has 1 aromatic heterocycles. The third kappa shape index (κ3) is 4.50. The Morgan fingerprint density at radius 2 is 2.04 bits per heavy atom. The maximum Gasteiger partial charge on any atom is 0.220 e. The third-order valence-electron chi connectivity index (χ3n) is 5.43. The molecule has 3 rings (SSSR count). The summed E-state index contributed by atoms with van der Waals surface area (Å²) in [6.07, 6.45) is 11.9. The van der Waals surface area contributed by atoms with E-state index in [4.69, 9.17) is 0 Å². The highest BCUT2D eigenvalue weighted by Crippen LogP contribution is 2.28. The Bertz CT molecular complexity index is 701. The Hall–Kier alpha value is -2.10. The average molecular weight is 339 g/mol. The molecular formula is C21H29N3O. The van der Waals surface area contributed by atoms with Crippen LogP contribution < -0.4 is 5.32 Å². The zero-order chi connectivity index (χ0) is 17.6. The van der Waals surface area contributed by atoms with Crippen molar-refractivity contribution in [1.82, 2.24) is 14.9 Å². The SMILES string of the molecule is Cc1ccccc1C(NC(=O)CCC1CCCCC1)c1nccn1C. The molecule has 1 amide bonds. The summed E-state index contributed by atoms with van der Waals surface area (Å²) in [6, 6.07) is 8.02. The predicted octanol–water partition coefficient (Wildman–Crippen LogP) is 4.29. The van der Waals surface area contributed by atoms with Gasteiger partial charge >= 0.3 is 0 Å². The van der Waals surface area contributed by atoms with Gasteiger partial charge in [0, 0.05) is 25.9 Å². The summed E-state index contributed by atoms with van der Waals surface area (Å²) in [5.41, 5.74) is 2.28. The van der Waals surface area contributed by atoms with Gasteiger partial charge in [-0.3, -0.25) is 4.79 Å². The van der Waals surface area contributed by atoms with Crippen molar-refractivity contribution >= 4 is 5.91 Å². The molecule has 1 N–H and O–H groups in total. The molecule has 4 nitrogen and oxygen atoms in total. The summed E-state index contributed by atoms with van der Waals surface area (Å²) in [5, 5.41) is 3.23. The molecule has 1 fully saturated rings. The van der Waals surface area contributed by atoms with Gasteiger partial charge in [-0.15, -0.1) is 0 Å². The van der Waals surface area contributed by atoms with Crippen molar-refractivity contribution in [3.63, 3.8) is 0 Å². The van der Waals surface area contributed by atoms with Crippen LogP contribution in [0.1, 0.15) is 67.9 Å². The van der Waals surface area contributed by atoms with E-state index in [0.29, 0.717) is 6.42 Å². The van der Waals surface area contributed by atoms with Crippen LogP contribution >= 0.6 is 0 Å². The van der Waals surface area contributed by atoms with Crippen molar-refractivity contribution in [1.29, 1.82) is 0 Å². The van der Waals surface area contributed by atoms with E-state index in [0.717, 1.165) is 23.7 Å². The lowest BCUT2D eigenvalue weighted by molar-refractivity contribution is -0.122. The first-order valence-corrected chi connectivity index (χ1v) is 9.47. The average Bonchev–Trinajstić information content (AvgIpc) is 3.05. The molecule has 0 aliphatic heterocycles. The molecule has 1 aliphatic carbocycles. The predicted molar refractivity (Wildman–Crippen MR) is 100 cm³/mol. The minimum absolute atomic E-state index is 0.127. The Labute approximate surface area is 150 Å². The second kappa shape index (κ2) is 8.32. The number of hydrogen-bond acceptors (Lipinski definition) is 2. The second-order valence-electron chi connectivity index (χ2n) is 7.30. The highest BCUT2D eigenvalue weighted by Gasteiger charge is 2.23. The number of hydrogen-bond donors (Lipinski definition) is 1. The van der Waals surface area contributed by atoms with Crippen LogP contribution in [0.2, 0.25) is 0 Å². The van der Waals surface area contributed by atoms with E-state index in [9.17, 15) is 4.79 Å². The third-order valence-corrected chi connectivity index (χ3v) is 5.43. The molecule has 2 aromatic rings. The van der Waals surface area contributed by atoms with E-state index in [1.165, 1.54) is 37.7 Å². The van der Waals surface area contributed by atoms with Crippen LogP contribution in [-0.2, 0) is 11.8 Å². The zero-order valence-electron chi connectivity index (χ0n) is 15.4. The van der Waals surface area contributed by atoms with E-state index < -0.39 is 0 Å². The largest absolute Gasteiger partial charge is 0.342 e. The van der Waals surface area contributed by atoms with Crippen LogP contribution in [0.3, 0.4) is 0 Å². The van der Waals surface area contributed by atoms with E-state index in [-0.39, 0.29) is 11.9 Å². The molecule has 1 saturated carbocycles. The van der Waals surface area contributed by atoms with Crippen molar-refractivity contribution in [2.45, 2.75) is 57.9 Å². The van der Waals surface area contributed by atoms with E-state index in [2.05, 4.69) is 29.4 Å². The molecule has 1 unspecified atom stereocenters. The van der Waals surface area contributed by atoms with Crippen molar-refractivity contribution in [3.8, 4) is 0 Å². The highest BCUT2D eigenvalue weighted by atomic mass is 16.1. The highest BCUT2D eigenvalue weighted by molar-refractivity contribution is 5.76. The number of benzene rings is 1. The van der Waals surface area contributed by atoms with Gasteiger partial charge in [-0.2, -0.15) is 0 Å².